The van der Waals surface area contributed by atoms with Crippen molar-refractivity contribution in [1.29, 1.82) is 0 Å². The summed E-state index contributed by atoms with van der Waals surface area (Å²) >= 11 is 5.87. The first kappa shape index (κ1) is 14.1. The second kappa shape index (κ2) is 5.79. The van der Waals surface area contributed by atoms with Gasteiger partial charge >= 0.3 is 5.97 Å². The minimum Gasteiger partial charge on any atom is -0.488 e. The van der Waals surface area contributed by atoms with E-state index in [0.29, 0.717) is 11.3 Å². The zero-order valence-corrected chi connectivity index (χ0v) is 11.0. The SMILES string of the molecule is Nc1ccc(C(=O)O)c(OCc2ccc(F)cc2Cl)c1. The van der Waals surface area contributed by atoms with Gasteiger partial charge in [0, 0.05) is 17.3 Å². The molecule has 0 aliphatic carbocycles. The Morgan fingerprint density at radius 2 is 2.05 bits per heavy atom. The van der Waals surface area contributed by atoms with Gasteiger partial charge in [0.2, 0.25) is 0 Å². The lowest BCUT2D eigenvalue weighted by Gasteiger charge is -2.11. The molecule has 2 rings (SSSR count). The number of hydrogen-bond acceptors (Lipinski definition) is 3. The lowest BCUT2D eigenvalue weighted by atomic mass is 10.2. The van der Waals surface area contributed by atoms with Crippen molar-refractivity contribution in [1.82, 2.24) is 0 Å². The Kier molecular flexibility index (Phi) is 4.10. The standard InChI is InChI=1S/C14H11ClFNO3/c15-12-5-9(16)2-1-8(12)7-20-13-6-10(17)3-4-11(13)14(18)19/h1-6H,7,17H2,(H,18,19). The van der Waals surface area contributed by atoms with E-state index >= 15 is 0 Å². The van der Waals surface area contributed by atoms with Crippen LogP contribution in [0.4, 0.5) is 10.1 Å². The molecule has 0 spiro atoms. The summed E-state index contributed by atoms with van der Waals surface area (Å²) in [5.74, 6) is -1.43. The minimum atomic E-state index is -1.12. The van der Waals surface area contributed by atoms with E-state index in [2.05, 4.69) is 0 Å². The van der Waals surface area contributed by atoms with Gasteiger partial charge in [0.1, 0.15) is 23.7 Å². The van der Waals surface area contributed by atoms with Gasteiger partial charge < -0.3 is 15.6 Å². The van der Waals surface area contributed by atoms with Gasteiger partial charge in [-0.25, -0.2) is 9.18 Å². The highest BCUT2D eigenvalue weighted by Crippen LogP contribution is 2.25. The number of nitrogen functional groups attached to an aromatic ring is 1. The van der Waals surface area contributed by atoms with Gasteiger partial charge in [-0.3, -0.25) is 0 Å². The van der Waals surface area contributed by atoms with Crippen molar-refractivity contribution in [3.63, 3.8) is 0 Å². The predicted octanol–water partition coefficient (Wildman–Crippen LogP) is 3.34. The number of benzene rings is 2. The first-order valence-electron chi connectivity index (χ1n) is 5.67. The average Bonchev–Trinajstić information content (AvgIpc) is 2.37. The minimum absolute atomic E-state index is 0.00238. The van der Waals surface area contributed by atoms with E-state index in [1.165, 1.54) is 30.3 Å². The Bertz CT molecular complexity index is 661. The number of aromatic carboxylic acids is 1. The van der Waals surface area contributed by atoms with Crippen molar-refractivity contribution < 1.29 is 19.0 Å². The maximum atomic E-state index is 12.9. The predicted molar refractivity (Wildman–Crippen MR) is 73.6 cm³/mol. The summed E-state index contributed by atoms with van der Waals surface area (Å²) in [5, 5.41) is 9.26. The molecule has 0 atom stereocenters. The van der Waals surface area contributed by atoms with Crippen LogP contribution in [0.1, 0.15) is 15.9 Å². The van der Waals surface area contributed by atoms with Crippen LogP contribution < -0.4 is 10.5 Å². The summed E-state index contributed by atoms with van der Waals surface area (Å²) in [4.78, 5) is 11.1. The molecule has 0 fully saturated rings. The summed E-state index contributed by atoms with van der Waals surface area (Å²) in [6, 6.07) is 8.14. The third-order valence-electron chi connectivity index (χ3n) is 2.63. The van der Waals surface area contributed by atoms with Crippen LogP contribution in [-0.2, 0) is 6.61 Å². The van der Waals surface area contributed by atoms with Gasteiger partial charge in [-0.15, -0.1) is 0 Å². The number of carboxylic acids is 1. The number of rotatable bonds is 4. The maximum absolute atomic E-state index is 12.9. The Labute approximate surface area is 119 Å². The van der Waals surface area contributed by atoms with Crippen LogP contribution in [0, 0.1) is 5.82 Å². The molecule has 2 aromatic carbocycles. The Morgan fingerprint density at radius 3 is 2.70 bits per heavy atom. The monoisotopic (exact) mass is 295 g/mol. The largest absolute Gasteiger partial charge is 0.488 e. The van der Waals surface area contributed by atoms with Crippen molar-refractivity contribution in [3.8, 4) is 5.75 Å². The second-order valence-electron chi connectivity index (χ2n) is 4.09. The Balaban J connectivity index is 2.22. The second-order valence-corrected chi connectivity index (χ2v) is 4.49. The Hall–Kier alpha value is -2.27. The topological polar surface area (TPSA) is 72.6 Å². The van der Waals surface area contributed by atoms with E-state index in [4.69, 9.17) is 27.2 Å². The molecular weight excluding hydrogens is 285 g/mol. The molecule has 104 valence electrons. The highest BCUT2D eigenvalue weighted by atomic mass is 35.5. The van der Waals surface area contributed by atoms with E-state index in [1.807, 2.05) is 0 Å². The molecule has 0 saturated carbocycles. The molecule has 0 heterocycles. The molecule has 0 bridgehead atoms. The van der Waals surface area contributed by atoms with Gasteiger partial charge in [0.25, 0.3) is 0 Å². The molecule has 0 aliphatic heterocycles. The normalized spacial score (nSPS) is 10.3. The van der Waals surface area contributed by atoms with Crippen LogP contribution in [0.3, 0.4) is 0 Å². The lowest BCUT2D eigenvalue weighted by Crippen LogP contribution is -2.04. The fourth-order valence-corrected chi connectivity index (χ4v) is 1.85. The number of halogens is 2. The van der Waals surface area contributed by atoms with Gasteiger partial charge in [-0.1, -0.05) is 17.7 Å². The van der Waals surface area contributed by atoms with Gasteiger partial charge in [0.05, 0.1) is 5.02 Å². The smallest absolute Gasteiger partial charge is 0.339 e. The fraction of sp³-hybridized carbons (Fsp3) is 0.0714. The van der Waals surface area contributed by atoms with Crippen LogP contribution in [0.25, 0.3) is 0 Å². The molecule has 4 nitrogen and oxygen atoms in total. The van der Waals surface area contributed by atoms with Crippen molar-refractivity contribution in [2.75, 3.05) is 5.73 Å². The zero-order chi connectivity index (χ0) is 14.7. The van der Waals surface area contributed by atoms with Crippen molar-refractivity contribution in [2.24, 2.45) is 0 Å². The van der Waals surface area contributed by atoms with E-state index in [1.54, 1.807) is 0 Å². The maximum Gasteiger partial charge on any atom is 0.339 e. The molecule has 6 heteroatoms. The highest BCUT2D eigenvalue weighted by Gasteiger charge is 2.12. The van der Waals surface area contributed by atoms with Crippen molar-refractivity contribution >= 4 is 23.3 Å². The average molecular weight is 296 g/mol. The van der Waals surface area contributed by atoms with Gasteiger partial charge in [0.15, 0.2) is 0 Å². The van der Waals surface area contributed by atoms with Crippen LogP contribution >= 0.6 is 11.6 Å². The Morgan fingerprint density at radius 1 is 1.30 bits per heavy atom. The molecule has 20 heavy (non-hydrogen) atoms. The quantitative estimate of drug-likeness (QED) is 0.849. The summed E-state index contributed by atoms with van der Waals surface area (Å²) in [6.45, 7) is 0.0167. The molecule has 0 saturated heterocycles. The third-order valence-corrected chi connectivity index (χ3v) is 2.99. The summed E-state index contributed by atoms with van der Waals surface area (Å²) in [6.07, 6.45) is 0. The summed E-state index contributed by atoms with van der Waals surface area (Å²) in [7, 11) is 0. The zero-order valence-electron chi connectivity index (χ0n) is 10.3. The third kappa shape index (κ3) is 3.19. The highest BCUT2D eigenvalue weighted by molar-refractivity contribution is 6.31. The van der Waals surface area contributed by atoms with Crippen LogP contribution in [0.5, 0.6) is 5.75 Å². The number of hydrogen-bond donors (Lipinski definition) is 2. The van der Waals surface area contributed by atoms with E-state index in [-0.39, 0.29) is 22.9 Å². The molecule has 3 N–H and O–H groups in total. The van der Waals surface area contributed by atoms with Crippen LogP contribution in [-0.4, -0.2) is 11.1 Å². The van der Waals surface area contributed by atoms with E-state index in [0.717, 1.165) is 6.07 Å². The summed E-state index contributed by atoms with van der Waals surface area (Å²) in [5.41, 5.74) is 6.53. The van der Waals surface area contributed by atoms with Gasteiger partial charge in [-0.05, 0) is 24.3 Å². The number of anilines is 1. The molecule has 0 aromatic heterocycles. The van der Waals surface area contributed by atoms with Crippen LogP contribution in [0.15, 0.2) is 36.4 Å². The first-order valence-corrected chi connectivity index (χ1v) is 6.04. The first-order chi connectivity index (χ1) is 9.47. The number of ether oxygens (including phenoxy) is 1. The fourth-order valence-electron chi connectivity index (χ4n) is 1.63. The molecule has 0 unspecified atom stereocenters. The molecule has 0 aliphatic rings. The molecule has 0 amide bonds. The number of carboxylic acid groups (broad SMARTS) is 1. The van der Waals surface area contributed by atoms with E-state index < -0.39 is 11.8 Å². The molecule has 0 radical (unpaired) electrons. The number of carbonyl (C=O) groups is 1. The lowest BCUT2D eigenvalue weighted by molar-refractivity contribution is 0.0692. The van der Waals surface area contributed by atoms with Crippen LogP contribution in [0.2, 0.25) is 5.02 Å². The molecule has 2 aromatic rings. The van der Waals surface area contributed by atoms with Gasteiger partial charge in [-0.2, -0.15) is 0 Å². The summed E-state index contributed by atoms with van der Waals surface area (Å²) < 4.78 is 18.3. The van der Waals surface area contributed by atoms with Crippen molar-refractivity contribution in [2.45, 2.75) is 6.61 Å². The number of nitrogens with two attached hydrogens (primary N) is 1. The van der Waals surface area contributed by atoms with E-state index in [9.17, 15) is 9.18 Å². The molecular formula is C14H11ClFNO3. The van der Waals surface area contributed by atoms with Crippen molar-refractivity contribution in [3.05, 3.63) is 58.4 Å².